The Bertz CT molecular complexity index is 2500. The van der Waals surface area contributed by atoms with Crippen LogP contribution in [0.1, 0.15) is 22.3 Å². The Kier molecular flexibility index (Phi) is 17.5. The molecule has 0 saturated carbocycles. The van der Waals surface area contributed by atoms with Gasteiger partial charge < -0.3 is 36.5 Å². The van der Waals surface area contributed by atoms with E-state index in [1.54, 1.807) is 36.7 Å². The number of rotatable bonds is 12. The van der Waals surface area contributed by atoms with E-state index in [1.807, 2.05) is 121 Å². The van der Waals surface area contributed by atoms with Crippen molar-refractivity contribution in [3.63, 3.8) is 0 Å². The first-order chi connectivity index (χ1) is 27.5. The second-order valence-electron chi connectivity index (χ2n) is 13.3. The van der Waals surface area contributed by atoms with Gasteiger partial charge in [-0.15, -0.1) is 26.2 Å². The minimum absolute atomic E-state index is 0. The van der Waals surface area contributed by atoms with Gasteiger partial charge in [-0.05, 0) is 78.5 Å². The average Bonchev–Trinajstić information content (AvgIpc) is 3.23. The Morgan fingerprint density at radius 2 is 0.695 bits per heavy atom. The summed E-state index contributed by atoms with van der Waals surface area (Å²) >= 11 is 0. The van der Waals surface area contributed by atoms with Crippen LogP contribution in [0.3, 0.4) is 0 Å². The maximum Gasteiger partial charge on any atom is 0.124 e. The van der Waals surface area contributed by atoms with Crippen molar-refractivity contribution in [3.05, 3.63) is 178 Å². The van der Waals surface area contributed by atoms with Crippen molar-refractivity contribution in [2.45, 2.75) is 13.1 Å². The molecular weight excluding hydrogens is 824 g/mol. The van der Waals surface area contributed by atoms with E-state index in [-0.39, 0.29) is 62.6 Å². The Balaban J connectivity index is 0.000000248. The molecule has 0 aromatic heterocycles. The molecule has 0 atom stereocenters. The third kappa shape index (κ3) is 11.3. The minimum Gasteiger partial charge on any atom is -0.657 e. The molecular formula is C48H44Fe2N4O5-2. The zero-order valence-electron chi connectivity index (χ0n) is 32.0. The van der Waals surface area contributed by atoms with Gasteiger partial charge in [0, 0.05) is 70.8 Å². The van der Waals surface area contributed by atoms with E-state index in [4.69, 9.17) is 0 Å². The summed E-state index contributed by atoms with van der Waals surface area (Å²) in [5, 5.41) is 58.0. The first kappa shape index (κ1) is 46.0. The third-order valence-corrected chi connectivity index (χ3v) is 9.68. The molecule has 0 saturated heterocycles. The van der Waals surface area contributed by atoms with E-state index in [1.165, 1.54) is 0 Å². The second kappa shape index (κ2) is 22.4. The molecule has 59 heavy (non-hydrogen) atoms. The van der Waals surface area contributed by atoms with Crippen LogP contribution in [0.5, 0.6) is 23.0 Å². The molecule has 0 spiro atoms. The summed E-state index contributed by atoms with van der Waals surface area (Å²) in [5.41, 5.74) is 3.14. The van der Waals surface area contributed by atoms with Gasteiger partial charge in [0.05, 0.1) is 0 Å². The zero-order valence-corrected chi connectivity index (χ0v) is 34.2. The largest absolute Gasteiger partial charge is 0.657 e. The molecule has 0 heterocycles. The number of benzene rings is 8. The van der Waals surface area contributed by atoms with Crippen molar-refractivity contribution >= 4 is 55.5 Å². The monoisotopic (exact) mass is 868 g/mol. The fourth-order valence-corrected chi connectivity index (χ4v) is 6.77. The number of phenols is 4. The molecule has 8 aromatic carbocycles. The van der Waals surface area contributed by atoms with Crippen molar-refractivity contribution in [3.8, 4) is 23.0 Å². The first-order valence-corrected chi connectivity index (χ1v) is 18.5. The van der Waals surface area contributed by atoms with Crippen molar-refractivity contribution in [2.24, 2.45) is 9.98 Å². The van der Waals surface area contributed by atoms with Crippen LogP contribution in [0.15, 0.2) is 156 Å². The topological polar surface area (TPSA) is 165 Å². The molecule has 0 unspecified atom stereocenters. The Morgan fingerprint density at radius 3 is 1.07 bits per heavy atom. The van der Waals surface area contributed by atoms with Crippen LogP contribution in [0.4, 0.5) is 0 Å². The van der Waals surface area contributed by atoms with E-state index in [2.05, 4.69) is 20.6 Å². The molecule has 0 radical (unpaired) electrons. The third-order valence-electron chi connectivity index (χ3n) is 9.68. The van der Waals surface area contributed by atoms with Crippen molar-refractivity contribution in [1.82, 2.24) is 0 Å². The molecule has 0 amide bonds. The van der Waals surface area contributed by atoms with Crippen molar-refractivity contribution < 1.29 is 60.0 Å². The molecule has 6 N–H and O–H groups in total. The Labute approximate surface area is 364 Å². The van der Waals surface area contributed by atoms with Gasteiger partial charge in [0.2, 0.25) is 0 Å². The molecule has 11 heteroatoms. The minimum atomic E-state index is 0. The molecule has 8 aromatic rings. The van der Waals surface area contributed by atoms with Crippen LogP contribution in [-0.2, 0) is 47.2 Å². The predicted octanol–water partition coefficient (Wildman–Crippen LogP) is 9.96. The van der Waals surface area contributed by atoms with Gasteiger partial charge in [-0.25, -0.2) is 0 Å². The molecule has 0 fully saturated rings. The zero-order chi connectivity index (χ0) is 38.7. The van der Waals surface area contributed by atoms with Gasteiger partial charge in [-0.3, -0.25) is 9.98 Å². The number of fused-ring (bicyclic) bond motifs is 4. The molecule has 8 rings (SSSR count). The number of hydrogen-bond acceptors (Lipinski definition) is 6. The molecule has 304 valence electrons. The number of phenolic OH excluding ortho intramolecular Hbond substituents is 4. The van der Waals surface area contributed by atoms with Gasteiger partial charge >= 0.3 is 0 Å². The normalized spacial score (nSPS) is 11.0. The van der Waals surface area contributed by atoms with Crippen LogP contribution in [0.25, 0.3) is 53.7 Å². The summed E-state index contributed by atoms with van der Waals surface area (Å²) in [6.45, 7) is 3.03. The number of nitrogens with zero attached hydrogens (tertiary/aromatic N) is 4. The van der Waals surface area contributed by atoms with Crippen LogP contribution in [0, 0.1) is 0 Å². The van der Waals surface area contributed by atoms with Gasteiger partial charge in [0.25, 0.3) is 0 Å². The summed E-state index contributed by atoms with van der Waals surface area (Å²) in [5.74, 6) is 0.985. The van der Waals surface area contributed by atoms with Crippen LogP contribution in [-0.4, -0.2) is 64.5 Å². The summed E-state index contributed by atoms with van der Waals surface area (Å²) in [6.07, 6.45) is 3.42. The summed E-state index contributed by atoms with van der Waals surface area (Å²) in [4.78, 5) is 8.85. The number of aliphatic imine (C=N–C) groups is 2. The van der Waals surface area contributed by atoms with E-state index < -0.39 is 0 Å². The Hall–Kier alpha value is -5.74. The predicted molar refractivity (Wildman–Crippen MR) is 235 cm³/mol. The van der Waals surface area contributed by atoms with E-state index in [9.17, 15) is 20.4 Å². The van der Waals surface area contributed by atoms with Crippen molar-refractivity contribution in [1.29, 1.82) is 0 Å². The van der Waals surface area contributed by atoms with Gasteiger partial charge in [0.15, 0.2) is 0 Å². The average molecular weight is 869 g/mol. The van der Waals surface area contributed by atoms with Crippen LogP contribution < -0.4 is 0 Å². The van der Waals surface area contributed by atoms with Gasteiger partial charge in [-0.2, -0.15) is 0 Å². The maximum atomic E-state index is 10.2. The molecule has 0 bridgehead atoms. The number of hydrogen-bond donors (Lipinski definition) is 4. The first-order valence-electron chi connectivity index (χ1n) is 18.5. The van der Waals surface area contributed by atoms with E-state index in [0.717, 1.165) is 65.3 Å². The van der Waals surface area contributed by atoms with Crippen molar-refractivity contribution in [2.75, 3.05) is 26.2 Å². The van der Waals surface area contributed by atoms with E-state index >= 15 is 0 Å². The fraction of sp³-hybridized carbons (Fsp3) is 0.125. The molecule has 0 aliphatic rings. The standard InChI is InChI=1S/2C24H21N2O2.2Fe.H2O/c2*27-23-11-9-17-5-1-3-7-19(17)21(23)15-25-13-14-26-16-22-20-8-4-2-6-18(20)10-12-24(22)28;;;/h2*1-12,15,27-28H,13-14,16H2;;;1H2/q2*-1;;;. The van der Waals surface area contributed by atoms with Gasteiger partial charge in [0.1, 0.15) is 23.0 Å². The Morgan fingerprint density at radius 1 is 0.390 bits per heavy atom. The summed E-state index contributed by atoms with van der Waals surface area (Å²) in [7, 11) is 0. The maximum absolute atomic E-state index is 10.2. The van der Waals surface area contributed by atoms with Crippen LogP contribution >= 0.6 is 0 Å². The second-order valence-corrected chi connectivity index (χ2v) is 13.3. The van der Waals surface area contributed by atoms with Gasteiger partial charge in [-0.1, -0.05) is 121 Å². The molecule has 9 nitrogen and oxygen atoms in total. The van der Waals surface area contributed by atoms with Crippen LogP contribution in [0.2, 0.25) is 0 Å². The van der Waals surface area contributed by atoms with E-state index in [0.29, 0.717) is 39.3 Å². The summed E-state index contributed by atoms with van der Waals surface area (Å²) < 4.78 is 0. The quantitative estimate of drug-likeness (QED) is 0.0546. The smallest absolute Gasteiger partial charge is 0.124 e. The fourth-order valence-electron chi connectivity index (χ4n) is 6.77. The number of aromatic hydroxyl groups is 4. The molecule has 0 aliphatic carbocycles. The SMILES string of the molecule is O.Oc1ccc2ccccc2c1C=NCC[N-]Cc1c(O)ccc2ccccc12.Oc1ccc2ccccc2c1C=NCC[N-]Cc1c(O)ccc2ccccc12.[Fe].[Fe]. The summed E-state index contributed by atoms with van der Waals surface area (Å²) in [6, 6.07) is 46.2. The molecule has 0 aliphatic heterocycles.